The van der Waals surface area contributed by atoms with Crippen LogP contribution in [-0.4, -0.2) is 18.8 Å². The van der Waals surface area contributed by atoms with Crippen molar-refractivity contribution in [2.75, 3.05) is 6.73 Å². The molecule has 1 unspecified atom stereocenters. The summed E-state index contributed by atoms with van der Waals surface area (Å²) < 4.78 is 5.54. The lowest BCUT2D eigenvalue weighted by Crippen LogP contribution is -2.41. The van der Waals surface area contributed by atoms with Crippen LogP contribution in [-0.2, 0) is 6.42 Å². The standard InChI is InChI=1S/C14H22N2O2/c1-4-11(3)16-14(17)15-10-18-13-9-7-6-8-12(13)5-2/h6-9,11H,4-5,10H2,1-3H3,(H2,15,16,17). The second kappa shape index (κ2) is 7.58. The van der Waals surface area contributed by atoms with Gasteiger partial charge in [-0.15, -0.1) is 0 Å². The van der Waals surface area contributed by atoms with Crippen molar-refractivity contribution in [3.63, 3.8) is 0 Å². The van der Waals surface area contributed by atoms with Gasteiger partial charge in [0.25, 0.3) is 0 Å². The van der Waals surface area contributed by atoms with Crippen molar-refractivity contribution >= 4 is 6.03 Å². The van der Waals surface area contributed by atoms with E-state index in [4.69, 9.17) is 4.74 Å². The van der Waals surface area contributed by atoms with Gasteiger partial charge in [-0.1, -0.05) is 32.0 Å². The first kappa shape index (κ1) is 14.4. The van der Waals surface area contributed by atoms with Gasteiger partial charge in [0.1, 0.15) is 5.75 Å². The number of amides is 2. The lowest BCUT2D eigenvalue weighted by atomic mass is 10.1. The minimum Gasteiger partial charge on any atom is -0.473 e. The highest BCUT2D eigenvalue weighted by atomic mass is 16.5. The van der Waals surface area contributed by atoms with Gasteiger partial charge in [0.2, 0.25) is 0 Å². The molecule has 0 aliphatic rings. The summed E-state index contributed by atoms with van der Waals surface area (Å²) in [5, 5.41) is 5.49. The molecule has 0 bridgehead atoms. The highest BCUT2D eigenvalue weighted by Crippen LogP contribution is 2.17. The number of aryl methyl sites for hydroxylation is 1. The normalized spacial score (nSPS) is 11.7. The van der Waals surface area contributed by atoms with Crippen molar-refractivity contribution in [3.05, 3.63) is 29.8 Å². The molecule has 0 spiro atoms. The number of carbonyl (C=O) groups is 1. The molecular formula is C14H22N2O2. The first-order valence-corrected chi connectivity index (χ1v) is 6.42. The molecule has 18 heavy (non-hydrogen) atoms. The Balaban J connectivity index is 2.35. The van der Waals surface area contributed by atoms with E-state index in [9.17, 15) is 4.79 Å². The first-order chi connectivity index (χ1) is 8.67. The lowest BCUT2D eigenvalue weighted by molar-refractivity contribution is 0.220. The molecule has 0 aromatic heterocycles. The number of carbonyl (C=O) groups excluding carboxylic acids is 1. The summed E-state index contributed by atoms with van der Waals surface area (Å²) in [7, 11) is 0. The van der Waals surface area contributed by atoms with Crippen molar-refractivity contribution in [2.24, 2.45) is 0 Å². The van der Waals surface area contributed by atoms with Gasteiger partial charge < -0.3 is 15.4 Å². The predicted octanol–water partition coefficient (Wildman–Crippen LogP) is 2.68. The Morgan fingerprint density at radius 1 is 1.33 bits per heavy atom. The van der Waals surface area contributed by atoms with Crippen LogP contribution in [0, 0.1) is 0 Å². The third-order valence-electron chi connectivity index (χ3n) is 2.80. The minimum atomic E-state index is -0.196. The molecule has 2 N–H and O–H groups in total. The van der Waals surface area contributed by atoms with E-state index in [-0.39, 0.29) is 18.8 Å². The maximum Gasteiger partial charge on any atom is 0.317 e. The third kappa shape index (κ3) is 4.65. The number of hydrogen-bond donors (Lipinski definition) is 2. The molecule has 0 saturated heterocycles. The summed E-state index contributed by atoms with van der Waals surface area (Å²) in [5.74, 6) is 0.823. The fourth-order valence-electron chi connectivity index (χ4n) is 1.49. The Morgan fingerprint density at radius 3 is 2.72 bits per heavy atom. The highest BCUT2D eigenvalue weighted by molar-refractivity contribution is 5.73. The summed E-state index contributed by atoms with van der Waals surface area (Å²) in [6.07, 6.45) is 1.82. The van der Waals surface area contributed by atoms with Gasteiger partial charge in [-0.3, -0.25) is 0 Å². The van der Waals surface area contributed by atoms with E-state index >= 15 is 0 Å². The number of para-hydroxylation sites is 1. The third-order valence-corrected chi connectivity index (χ3v) is 2.80. The SMILES string of the molecule is CCc1ccccc1OCNC(=O)NC(C)CC. The van der Waals surface area contributed by atoms with Crippen LogP contribution in [0.25, 0.3) is 0 Å². The summed E-state index contributed by atoms with van der Waals surface area (Å²) in [6, 6.07) is 7.82. The lowest BCUT2D eigenvalue weighted by Gasteiger charge is -2.14. The van der Waals surface area contributed by atoms with Crippen molar-refractivity contribution in [1.82, 2.24) is 10.6 Å². The van der Waals surface area contributed by atoms with Crippen molar-refractivity contribution < 1.29 is 9.53 Å². The van der Waals surface area contributed by atoms with Gasteiger partial charge in [-0.2, -0.15) is 0 Å². The molecule has 2 amide bonds. The van der Waals surface area contributed by atoms with Crippen LogP contribution < -0.4 is 15.4 Å². The zero-order chi connectivity index (χ0) is 13.4. The van der Waals surface area contributed by atoms with Crippen molar-refractivity contribution in [1.29, 1.82) is 0 Å². The van der Waals surface area contributed by atoms with Crippen LogP contribution in [0.4, 0.5) is 4.79 Å². The number of benzene rings is 1. The monoisotopic (exact) mass is 250 g/mol. The van der Waals surface area contributed by atoms with E-state index in [0.717, 1.165) is 24.2 Å². The van der Waals surface area contributed by atoms with Crippen molar-refractivity contribution in [2.45, 2.75) is 39.7 Å². The maximum absolute atomic E-state index is 11.5. The zero-order valence-electron chi connectivity index (χ0n) is 11.3. The van der Waals surface area contributed by atoms with Crippen LogP contribution in [0.5, 0.6) is 5.75 Å². The van der Waals surface area contributed by atoms with Crippen LogP contribution in [0.2, 0.25) is 0 Å². The summed E-state index contributed by atoms with van der Waals surface area (Å²) >= 11 is 0. The Hall–Kier alpha value is -1.71. The van der Waals surface area contributed by atoms with E-state index in [0.29, 0.717) is 0 Å². The molecule has 0 fully saturated rings. The molecule has 100 valence electrons. The molecule has 1 aromatic rings. The van der Waals surface area contributed by atoms with Crippen LogP contribution >= 0.6 is 0 Å². The van der Waals surface area contributed by atoms with Crippen LogP contribution in [0.3, 0.4) is 0 Å². The average molecular weight is 250 g/mol. The molecule has 1 atom stereocenters. The second-order valence-electron chi connectivity index (χ2n) is 4.21. The minimum absolute atomic E-state index is 0.174. The molecular weight excluding hydrogens is 228 g/mol. The Labute approximate surface area is 109 Å². The van der Waals surface area contributed by atoms with Gasteiger partial charge >= 0.3 is 6.03 Å². The zero-order valence-corrected chi connectivity index (χ0v) is 11.3. The Bertz CT molecular complexity index is 380. The number of hydrogen-bond acceptors (Lipinski definition) is 2. The number of urea groups is 1. The number of rotatable bonds is 6. The van der Waals surface area contributed by atoms with E-state index in [2.05, 4.69) is 17.6 Å². The quantitative estimate of drug-likeness (QED) is 0.763. The summed E-state index contributed by atoms with van der Waals surface area (Å²) in [6.45, 7) is 6.25. The van der Waals surface area contributed by atoms with Crippen LogP contribution in [0.15, 0.2) is 24.3 Å². The summed E-state index contributed by atoms with van der Waals surface area (Å²) in [4.78, 5) is 11.5. The largest absolute Gasteiger partial charge is 0.473 e. The molecule has 4 nitrogen and oxygen atoms in total. The topological polar surface area (TPSA) is 50.4 Å². The fourth-order valence-corrected chi connectivity index (χ4v) is 1.49. The van der Waals surface area contributed by atoms with E-state index in [1.54, 1.807) is 0 Å². The van der Waals surface area contributed by atoms with Gasteiger partial charge in [-0.05, 0) is 31.4 Å². The van der Waals surface area contributed by atoms with Gasteiger partial charge in [0, 0.05) is 6.04 Å². The molecule has 0 heterocycles. The highest BCUT2D eigenvalue weighted by Gasteiger charge is 2.05. The van der Waals surface area contributed by atoms with E-state index in [1.165, 1.54) is 0 Å². The van der Waals surface area contributed by atoms with Gasteiger partial charge in [0.15, 0.2) is 6.73 Å². The van der Waals surface area contributed by atoms with Gasteiger partial charge in [0.05, 0.1) is 0 Å². The summed E-state index contributed by atoms with van der Waals surface area (Å²) in [5.41, 5.74) is 1.14. The van der Waals surface area contributed by atoms with Crippen LogP contribution in [0.1, 0.15) is 32.8 Å². The van der Waals surface area contributed by atoms with E-state index < -0.39 is 0 Å². The molecule has 0 aliphatic carbocycles. The second-order valence-corrected chi connectivity index (χ2v) is 4.21. The van der Waals surface area contributed by atoms with Gasteiger partial charge in [-0.25, -0.2) is 4.79 Å². The van der Waals surface area contributed by atoms with Crippen molar-refractivity contribution in [3.8, 4) is 5.75 Å². The average Bonchev–Trinajstić information content (AvgIpc) is 2.39. The molecule has 1 aromatic carbocycles. The molecule has 0 radical (unpaired) electrons. The fraction of sp³-hybridized carbons (Fsp3) is 0.500. The Kier molecular flexibility index (Phi) is 6.05. The molecule has 0 saturated carbocycles. The molecule has 4 heteroatoms. The first-order valence-electron chi connectivity index (χ1n) is 6.42. The molecule has 0 aliphatic heterocycles. The number of ether oxygens (including phenoxy) is 1. The Morgan fingerprint density at radius 2 is 2.06 bits per heavy atom. The maximum atomic E-state index is 11.5. The molecule has 1 rings (SSSR count). The predicted molar refractivity (Wildman–Crippen MR) is 72.7 cm³/mol. The smallest absolute Gasteiger partial charge is 0.317 e. The number of nitrogens with one attached hydrogen (secondary N) is 2. The van der Waals surface area contributed by atoms with E-state index in [1.807, 2.05) is 38.1 Å².